The van der Waals surface area contributed by atoms with Crippen LogP contribution in [0.1, 0.15) is 28.2 Å². The van der Waals surface area contributed by atoms with Crippen LogP contribution in [0.15, 0.2) is 53.7 Å². The van der Waals surface area contributed by atoms with Gasteiger partial charge in [0.1, 0.15) is 16.5 Å². The third kappa shape index (κ3) is 3.17. The van der Waals surface area contributed by atoms with E-state index in [2.05, 4.69) is 21.8 Å². The minimum absolute atomic E-state index is 0.0376. The van der Waals surface area contributed by atoms with Gasteiger partial charge in [0.2, 0.25) is 10.0 Å². The number of aryl methyl sites for hydroxylation is 1. The lowest BCUT2D eigenvalue weighted by Crippen LogP contribution is -2.31. The maximum atomic E-state index is 15.0. The fourth-order valence-electron chi connectivity index (χ4n) is 6.08. The molecule has 0 bridgehead atoms. The van der Waals surface area contributed by atoms with Crippen LogP contribution in [0.3, 0.4) is 0 Å². The molecule has 2 heterocycles. The maximum Gasteiger partial charge on any atom is 0.243 e. The molecular formula is C24H24F2N4O2S. The van der Waals surface area contributed by atoms with Crippen LogP contribution in [-0.4, -0.2) is 42.2 Å². The summed E-state index contributed by atoms with van der Waals surface area (Å²) in [5.41, 5.74) is 3.34. The molecule has 2 aromatic carbocycles. The van der Waals surface area contributed by atoms with E-state index < -0.39 is 15.8 Å². The second-order valence-corrected chi connectivity index (χ2v) is 11.3. The van der Waals surface area contributed by atoms with Gasteiger partial charge in [0, 0.05) is 42.9 Å². The van der Waals surface area contributed by atoms with Crippen molar-refractivity contribution in [1.29, 1.82) is 0 Å². The number of likely N-dealkylation sites (N-methyl/N-ethyl adjacent to an activating group) is 1. The number of likely N-dealkylation sites (tertiary alicyclic amines) is 1. The van der Waals surface area contributed by atoms with Crippen LogP contribution in [-0.2, 0) is 36.5 Å². The molecule has 0 amide bonds. The summed E-state index contributed by atoms with van der Waals surface area (Å²) >= 11 is 0. The van der Waals surface area contributed by atoms with E-state index in [1.54, 1.807) is 25.2 Å². The first-order chi connectivity index (χ1) is 15.7. The summed E-state index contributed by atoms with van der Waals surface area (Å²) in [6, 6.07) is 11.0. The zero-order chi connectivity index (χ0) is 23.1. The van der Waals surface area contributed by atoms with Gasteiger partial charge >= 0.3 is 0 Å². The van der Waals surface area contributed by atoms with Crippen LogP contribution < -0.4 is 4.72 Å². The van der Waals surface area contributed by atoms with Crippen molar-refractivity contribution in [2.45, 2.75) is 42.3 Å². The number of halogens is 2. The van der Waals surface area contributed by atoms with Gasteiger partial charge in [0.15, 0.2) is 0 Å². The molecule has 33 heavy (non-hydrogen) atoms. The zero-order valence-electron chi connectivity index (χ0n) is 18.3. The van der Waals surface area contributed by atoms with Crippen LogP contribution in [0.5, 0.6) is 0 Å². The predicted octanol–water partition coefficient (Wildman–Crippen LogP) is 2.74. The molecule has 1 saturated heterocycles. The molecule has 6 nitrogen and oxygen atoms in total. The van der Waals surface area contributed by atoms with Crippen LogP contribution in [0.25, 0.3) is 0 Å². The molecule has 172 valence electrons. The molecule has 1 spiro atoms. The van der Waals surface area contributed by atoms with Crippen molar-refractivity contribution in [3.8, 4) is 0 Å². The van der Waals surface area contributed by atoms with Crippen molar-refractivity contribution in [2.24, 2.45) is 12.5 Å². The topological polar surface area (TPSA) is 67.0 Å². The SMILES string of the molecule is CN1C2C1C21Cc2cc(F)c(CNS(=O)(=O)c3cnn(C)c3)cc2C1Cc1cccc(F)c1. The van der Waals surface area contributed by atoms with Gasteiger partial charge in [-0.05, 0) is 60.7 Å². The van der Waals surface area contributed by atoms with Crippen molar-refractivity contribution in [1.82, 2.24) is 19.4 Å². The summed E-state index contributed by atoms with van der Waals surface area (Å²) in [6.45, 7) is -0.150. The van der Waals surface area contributed by atoms with Crippen LogP contribution in [0.4, 0.5) is 8.78 Å². The van der Waals surface area contributed by atoms with Gasteiger partial charge in [-0.2, -0.15) is 5.10 Å². The highest BCUT2D eigenvalue weighted by atomic mass is 32.2. The summed E-state index contributed by atoms with van der Waals surface area (Å²) < 4.78 is 57.8. The minimum Gasteiger partial charge on any atom is -0.296 e. The Labute approximate surface area is 191 Å². The van der Waals surface area contributed by atoms with E-state index >= 15 is 0 Å². The highest BCUT2D eigenvalue weighted by molar-refractivity contribution is 7.89. The molecule has 3 aliphatic rings. The van der Waals surface area contributed by atoms with Gasteiger partial charge in [-0.3, -0.25) is 9.58 Å². The lowest BCUT2D eigenvalue weighted by atomic mass is 9.81. The first-order valence-corrected chi connectivity index (χ1v) is 12.4. The molecule has 6 rings (SSSR count). The van der Waals surface area contributed by atoms with Crippen molar-refractivity contribution in [3.63, 3.8) is 0 Å². The number of nitrogens with one attached hydrogen (secondary N) is 1. The zero-order valence-corrected chi connectivity index (χ0v) is 19.1. The molecule has 1 saturated carbocycles. The van der Waals surface area contributed by atoms with E-state index in [4.69, 9.17) is 0 Å². The summed E-state index contributed by atoms with van der Waals surface area (Å²) in [7, 11) is -0.0713. The molecule has 0 radical (unpaired) electrons. The van der Waals surface area contributed by atoms with Crippen molar-refractivity contribution in [3.05, 3.63) is 82.7 Å². The Hall–Kier alpha value is -2.62. The van der Waals surface area contributed by atoms with Gasteiger partial charge in [-0.1, -0.05) is 18.2 Å². The number of sulfonamides is 1. The Kier molecular flexibility index (Phi) is 4.41. The molecule has 3 unspecified atom stereocenters. The molecule has 9 heteroatoms. The van der Waals surface area contributed by atoms with Crippen molar-refractivity contribution >= 4 is 10.0 Å². The second-order valence-electron chi connectivity index (χ2n) is 9.55. The third-order valence-electron chi connectivity index (χ3n) is 7.68. The molecule has 2 fully saturated rings. The van der Waals surface area contributed by atoms with Gasteiger partial charge < -0.3 is 0 Å². The first kappa shape index (κ1) is 20.9. The van der Waals surface area contributed by atoms with Gasteiger partial charge in [-0.25, -0.2) is 21.9 Å². The summed E-state index contributed by atoms with van der Waals surface area (Å²) in [5, 5.41) is 3.89. The lowest BCUT2D eigenvalue weighted by molar-refractivity contribution is 0.226. The molecule has 1 aliphatic heterocycles. The molecule has 3 aromatic rings. The maximum absolute atomic E-state index is 15.0. The highest BCUT2D eigenvalue weighted by Crippen LogP contribution is 2.76. The Balaban J connectivity index is 1.30. The van der Waals surface area contributed by atoms with E-state index in [-0.39, 0.29) is 28.6 Å². The fraction of sp³-hybridized carbons (Fsp3) is 0.375. The largest absolute Gasteiger partial charge is 0.296 e. The molecular weight excluding hydrogens is 446 g/mol. The van der Waals surface area contributed by atoms with Crippen molar-refractivity contribution in [2.75, 3.05) is 7.05 Å². The van der Waals surface area contributed by atoms with E-state index in [0.717, 1.165) is 23.1 Å². The third-order valence-corrected chi connectivity index (χ3v) is 9.04. The molecule has 2 aliphatic carbocycles. The highest BCUT2D eigenvalue weighted by Gasteiger charge is 2.84. The average Bonchev–Trinajstić information content (AvgIpc) is 3.52. The smallest absolute Gasteiger partial charge is 0.243 e. The van der Waals surface area contributed by atoms with Gasteiger partial charge in [-0.15, -0.1) is 0 Å². The Morgan fingerprint density at radius 3 is 2.64 bits per heavy atom. The standard InChI is InChI=1S/C24H24F2N4O2S/c1-29-13-18(12-27-29)33(31,32)28-11-16-8-19-15(9-21(16)26)10-24(22-23(24)30(22)2)20(19)7-14-4-3-5-17(25)6-14/h3-6,8-9,12-13,20,22-23,28H,7,10-11H2,1-2H3. The predicted molar refractivity (Wildman–Crippen MR) is 118 cm³/mol. The van der Waals surface area contributed by atoms with E-state index in [9.17, 15) is 17.2 Å². The molecule has 3 atom stereocenters. The van der Waals surface area contributed by atoms with Crippen LogP contribution in [0.2, 0.25) is 0 Å². The van der Waals surface area contributed by atoms with Gasteiger partial charge in [0.25, 0.3) is 0 Å². The van der Waals surface area contributed by atoms with Gasteiger partial charge in [0.05, 0.1) is 6.20 Å². The summed E-state index contributed by atoms with van der Waals surface area (Å²) in [5.74, 6) is -0.524. The lowest BCUT2D eigenvalue weighted by Gasteiger charge is -2.29. The number of rotatable bonds is 6. The Morgan fingerprint density at radius 1 is 1.18 bits per heavy atom. The van der Waals surface area contributed by atoms with Crippen LogP contribution in [0, 0.1) is 17.0 Å². The Bertz CT molecular complexity index is 1380. The van der Waals surface area contributed by atoms with Crippen LogP contribution >= 0.6 is 0 Å². The molecule has 1 N–H and O–H groups in total. The Morgan fingerprint density at radius 2 is 1.97 bits per heavy atom. The number of aromatic nitrogens is 2. The normalized spacial score (nSPS) is 29.2. The second kappa shape index (κ2) is 6.94. The minimum atomic E-state index is -3.80. The quantitative estimate of drug-likeness (QED) is 0.563. The van der Waals surface area contributed by atoms with Crippen molar-refractivity contribution < 1.29 is 17.2 Å². The monoisotopic (exact) mass is 470 g/mol. The number of benzene rings is 2. The summed E-state index contributed by atoms with van der Waals surface area (Å²) in [4.78, 5) is 2.36. The first-order valence-electron chi connectivity index (χ1n) is 11.0. The number of nitrogens with zero attached hydrogens (tertiary/aromatic N) is 3. The van der Waals surface area contributed by atoms with E-state index in [1.807, 2.05) is 12.1 Å². The molecule has 1 aromatic heterocycles. The number of hydrogen-bond donors (Lipinski definition) is 1. The number of fused-ring (bicyclic) bond motifs is 4. The average molecular weight is 471 g/mol. The number of hydrogen-bond acceptors (Lipinski definition) is 4. The van der Waals surface area contributed by atoms with E-state index in [1.165, 1.54) is 23.1 Å². The summed E-state index contributed by atoms with van der Waals surface area (Å²) in [6.07, 6.45) is 4.14. The van der Waals surface area contributed by atoms with E-state index in [0.29, 0.717) is 24.1 Å². The fourth-order valence-corrected chi connectivity index (χ4v) is 7.07.